The van der Waals surface area contributed by atoms with Crippen molar-refractivity contribution in [3.63, 3.8) is 0 Å². The molecule has 0 heteroatoms. The summed E-state index contributed by atoms with van der Waals surface area (Å²) in [6.45, 7) is 4.56. The minimum absolute atomic E-state index is 1.22. The molecule has 0 aromatic carbocycles. The van der Waals surface area contributed by atoms with Crippen molar-refractivity contribution in [2.75, 3.05) is 0 Å². The van der Waals surface area contributed by atoms with Crippen molar-refractivity contribution >= 4 is 0 Å². The lowest BCUT2D eigenvalue weighted by atomic mass is 9.86. The molecule has 71 valence electrons. The largest absolute Gasteiger partial charge is 0.0696 e. The molecule has 0 aliphatic heterocycles. The molecule has 2 aliphatic rings. The van der Waals surface area contributed by atoms with Gasteiger partial charge in [-0.1, -0.05) is 25.5 Å². The van der Waals surface area contributed by atoms with Crippen LogP contribution in [0.2, 0.25) is 0 Å². The Bertz CT molecular complexity index is 255. The topological polar surface area (TPSA) is 0 Å². The van der Waals surface area contributed by atoms with Crippen molar-refractivity contribution in [1.82, 2.24) is 0 Å². The summed E-state index contributed by atoms with van der Waals surface area (Å²) in [4.78, 5) is 0. The number of hydrogen-bond acceptors (Lipinski definition) is 0. The Labute approximate surface area is 81.7 Å². The first-order valence-corrected chi connectivity index (χ1v) is 5.66. The van der Waals surface area contributed by atoms with E-state index in [0.29, 0.717) is 0 Å². The smallest absolute Gasteiger partial charge is 0.0228 e. The number of rotatable bonds is 2. The quantitative estimate of drug-likeness (QED) is 0.590. The monoisotopic (exact) mass is 175 g/mol. The summed E-state index contributed by atoms with van der Waals surface area (Å²) in [6, 6.07) is 0. The molecule has 0 N–H and O–H groups in total. The molecule has 13 heavy (non-hydrogen) atoms. The van der Waals surface area contributed by atoms with E-state index in [2.05, 4.69) is 19.9 Å². The second-order valence-corrected chi connectivity index (χ2v) is 4.07. The van der Waals surface area contributed by atoms with Gasteiger partial charge in [-0.25, -0.2) is 0 Å². The molecule has 0 bridgehead atoms. The van der Waals surface area contributed by atoms with Crippen LogP contribution in [0.4, 0.5) is 0 Å². The van der Waals surface area contributed by atoms with Crippen molar-refractivity contribution in [2.24, 2.45) is 0 Å². The Kier molecular flexibility index (Phi) is 2.57. The molecule has 1 radical (unpaired) electrons. The standard InChI is InChI=1S/C13H19/c1-3-10-9-11(4-2)13-8-6-5-7-12(10)13/h9H,3-8H2,1-2H3. The number of hydrogen-bond donors (Lipinski definition) is 0. The third-order valence-corrected chi connectivity index (χ3v) is 3.35. The summed E-state index contributed by atoms with van der Waals surface area (Å²) in [5, 5.41) is 0. The van der Waals surface area contributed by atoms with E-state index in [-0.39, 0.29) is 0 Å². The first-order valence-electron chi connectivity index (χ1n) is 5.66. The van der Waals surface area contributed by atoms with Gasteiger partial charge < -0.3 is 0 Å². The molecule has 0 saturated carbocycles. The molecule has 0 spiro atoms. The van der Waals surface area contributed by atoms with E-state index in [1.165, 1.54) is 38.5 Å². The van der Waals surface area contributed by atoms with Gasteiger partial charge in [0, 0.05) is 5.92 Å². The molecule has 0 nitrogen and oxygen atoms in total. The zero-order chi connectivity index (χ0) is 9.26. The summed E-state index contributed by atoms with van der Waals surface area (Å²) in [5.74, 6) is 1.63. The van der Waals surface area contributed by atoms with E-state index in [1.54, 1.807) is 22.6 Å². The minimum Gasteiger partial charge on any atom is -0.0696 e. The van der Waals surface area contributed by atoms with Gasteiger partial charge in [0.25, 0.3) is 0 Å². The molecule has 0 heterocycles. The van der Waals surface area contributed by atoms with Crippen LogP contribution in [-0.2, 0) is 0 Å². The maximum absolute atomic E-state index is 2.45. The highest BCUT2D eigenvalue weighted by Crippen LogP contribution is 2.43. The summed E-state index contributed by atoms with van der Waals surface area (Å²) in [6.07, 6.45) is 10.4. The lowest BCUT2D eigenvalue weighted by molar-refractivity contribution is 0.674. The van der Waals surface area contributed by atoms with Gasteiger partial charge in [0.1, 0.15) is 0 Å². The second-order valence-electron chi connectivity index (χ2n) is 4.07. The van der Waals surface area contributed by atoms with Crippen LogP contribution in [0.1, 0.15) is 52.4 Å². The van der Waals surface area contributed by atoms with Crippen molar-refractivity contribution in [3.05, 3.63) is 28.7 Å². The van der Waals surface area contributed by atoms with Crippen LogP contribution in [0.3, 0.4) is 0 Å². The van der Waals surface area contributed by atoms with Gasteiger partial charge in [0.15, 0.2) is 0 Å². The molecule has 0 unspecified atom stereocenters. The second kappa shape index (κ2) is 3.69. The highest BCUT2D eigenvalue weighted by atomic mass is 14.3. The molecule has 0 atom stereocenters. The average Bonchev–Trinajstić information content (AvgIpc) is 2.56. The van der Waals surface area contributed by atoms with E-state index in [9.17, 15) is 0 Å². The SMILES string of the molecule is CC[C]1C=C(CC)C2=C1CCCC2. The molecule has 2 rings (SSSR count). The highest BCUT2D eigenvalue weighted by Gasteiger charge is 2.26. The summed E-state index contributed by atoms with van der Waals surface area (Å²) >= 11 is 0. The van der Waals surface area contributed by atoms with Crippen molar-refractivity contribution in [3.8, 4) is 0 Å². The molecular weight excluding hydrogens is 156 g/mol. The van der Waals surface area contributed by atoms with Crippen LogP contribution in [0.15, 0.2) is 22.8 Å². The van der Waals surface area contributed by atoms with Gasteiger partial charge in [0.05, 0.1) is 0 Å². The van der Waals surface area contributed by atoms with Crippen molar-refractivity contribution in [1.29, 1.82) is 0 Å². The maximum Gasteiger partial charge on any atom is 0.0228 e. The molecule has 0 saturated heterocycles. The van der Waals surface area contributed by atoms with Crippen LogP contribution in [-0.4, -0.2) is 0 Å². The van der Waals surface area contributed by atoms with Crippen molar-refractivity contribution in [2.45, 2.75) is 52.4 Å². The van der Waals surface area contributed by atoms with Crippen molar-refractivity contribution < 1.29 is 0 Å². The number of allylic oxidation sites excluding steroid dienone is 4. The molecule has 0 aromatic rings. The predicted molar refractivity (Wildman–Crippen MR) is 57.4 cm³/mol. The summed E-state index contributed by atoms with van der Waals surface area (Å²) in [5.41, 5.74) is 5.06. The zero-order valence-electron chi connectivity index (χ0n) is 8.82. The van der Waals surface area contributed by atoms with Crippen LogP contribution in [0.25, 0.3) is 0 Å². The van der Waals surface area contributed by atoms with Crippen LogP contribution < -0.4 is 0 Å². The first kappa shape index (κ1) is 9.05. The molecule has 0 amide bonds. The van der Waals surface area contributed by atoms with E-state index < -0.39 is 0 Å². The average molecular weight is 175 g/mol. The van der Waals surface area contributed by atoms with Gasteiger partial charge in [-0.3, -0.25) is 0 Å². The highest BCUT2D eigenvalue weighted by molar-refractivity contribution is 5.55. The van der Waals surface area contributed by atoms with Gasteiger partial charge in [0.2, 0.25) is 0 Å². The van der Waals surface area contributed by atoms with E-state index in [0.717, 1.165) is 0 Å². The van der Waals surface area contributed by atoms with E-state index in [1.807, 2.05) is 0 Å². The minimum atomic E-state index is 1.22. The molecule has 0 fully saturated rings. The Balaban J connectivity index is 2.28. The third kappa shape index (κ3) is 1.47. The molecular formula is C13H19. The van der Waals surface area contributed by atoms with E-state index in [4.69, 9.17) is 0 Å². The fourth-order valence-corrected chi connectivity index (χ4v) is 2.63. The Hall–Kier alpha value is -0.520. The summed E-state index contributed by atoms with van der Waals surface area (Å²) < 4.78 is 0. The van der Waals surface area contributed by atoms with Crippen LogP contribution >= 0.6 is 0 Å². The van der Waals surface area contributed by atoms with E-state index >= 15 is 0 Å². The maximum atomic E-state index is 2.45. The molecule has 2 aliphatic carbocycles. The van der Waals surface area contributed by atoms with Crippen LogP contribution in [0, 0.1) is 5.92 Å². The zero-order valence-corrected chi connectivity index (χ0v) is 8.82. The van der Waals surface area contributed by atoms with Gasteiger partial charge in [-0.15, -0.1) is 0 Å². The van der Waals surface area contributed by atoms with Gasteiger partial charge >= 0.3 is 0 Å². The fraction of sp³-hybridized carbons (Fsp3) is 0.615. The normalized spacial score (nSPS) is 23.4. The predicted octanol–water partition coefficient (Wildman–Crippen LogP) is 4.19. The molecule has 0 aromatic heterocycles. The summed E-state index contributed by atoms with van der Waals surface area (Å²) in [7, 11) is 0. The van der Waals surface area contributed by atoms with Gasteiger partial charge in [-0.05, 0) is 49.7 Å². The lowest BCUT2D eigenvalue weighted by Crippen LogP contribution is -2.01. The van der Waals surface area contributed by atoms with Crippen LogP contribution in [0.5, 0.6) is 0 Å². The Morgan fingerprint density at radius 3 is 2.31 bits per heavy atom. The Morgan fingerprint density at radius 1 is 1.00 bits per heavy atom. The fourth-order valence-electron chi connectivity index (χ4n) is 2.63. The first-order chi connectivity index (χ1) is 6.36. The van der Waals surface area contributed by atoms with Gasteiger partial charge in [-0.2, -0.15) is 0 Å². The Morgan fingerprint density at radius 2 is 1.69 bits per heavy atom. The lowest BCUT2D eigenvalue weighted by Gasteiger charge is -2.19. The third-order valence-electron chi connectivity index (χ3n) is 3.35.